The first-order chi connectivity index (χ1) is 10.6. The number of aromatic nitrogens is 2. The molecule has 2 rings (SSSR count). The molecule has 0 aliphatic rings. The van der Waals surface area contributed by atoms with E-state index in [1.165, 1.54) is 10.2 Å². The smallest absolute Gasteiger partial charge is 0.271 e. The number of ether oxygens (including phenoxy) is 1. The Morgan fingerprint density at radius 2 is 2.09 bits per heavy atom. The molecule has 1 aromatic carbocycles. The third-order valence-corrected chi connectivity index (χ3v) is 3.48. The van der Waals surface area contributed by atoms with E-state index >= 15 is 0 Å². The van der Waals surface area contributed by atoms with Crippen LogP contribution in [-0.4, -0.2) is 23.5 Å². The summed E-state index contributed by atoms with van der Waals surface area (Å²) in [6, 6.07) is 9.83. The normalized spacial score (nSPS) is 10.5. The Bertz CT molecular complexity index is 772. The van der Waals surface area contributed by atoms with Gasteiger partial charge in [-0.3, -0.25) is 4.79 Å². The molecule has 0 atom stereocenters. The molecule has 22 heavy (non-hydrogen) atoms. The van der Waals surface area contributed by atoms with E-state index in [9.17, 15) is 4.79 Å². The van der Waals surface area contributed by atoms with Gasteiger partial charge in [0.1, 0.15) is 0 Å². The predicted molar refractivity (Wildman–Crippen MR) is 84.6 cm³/mol. The molecule has 114 valence electrons. The average molecular weight is 297 g/mol. The largest absolute Gasteiger partial charge is 0.383 e. The van der Waals surface area contributed by atoms with Crippen LogP contribution >= 0.6 is 0 Å². The molecule has 1 heterocycles. The van der Waals surface area contributed by atoms with Gasteiger partial charge in [0.2, 0.25) is 0 Å². The van der Waals surface area contributed by atoms with E-state index in [0.29, 0.717) is 24.4 Å². The molecule has 5 heteroatoms. The van der Waals surface area contributed by atoms with Crippen molar-refractivity contribution in [3.8, 4) is 17.3 Å². The summed E-state index contributed by atoms with van der Waals surface area (Å²) in [5.74, 6) is 0. The Hall–Kier alpha value is -2.45. The summed E-state index contributed by atoms with van der Waals surface area (Å²) in [6.07, 6.45) is 0.0756. The van der Waals surface area contributed by atoms with Gasteiger partial charge >= 0.3 is 0 Å². The highest BCUT2D eigenvalue weighted by atomic mass is 16.5. The molecule has 5 nitrogen and oxygen atoms in total. The van der Waals surface area contributed by atoms with E-state index < -0.39 is 0 Å². The maximum Gasteiger partial charge on any atom is 0.271 e. The summed E-state index contributed by atoms with van der Waals surface area (Å²) in [6.45, 7) is 4.81. The molecule has 0 fully saturated rings. The molecule has 0 aliphatic heterocycles. The molecule has 0 bridgehead atoms. The van der Waals surface area contributed by atoms with Crippen LogP contribution < -0.4 is 5.56 Å². The standard InChI is InChI=1S/C17H19N3O2/c1-12-4-5-15(13(2)10-12)16-11-14(6-7-18)17(21)20(19-16)8-9-22-3/h4-5,10-11H,6,8-9H2,1-3H3. The second kappa shape index (κ2) is 7.01. The molecule has 1 aromatic heterocycles. The minimum Gasteiger partial charge on any atom is -0.383 e. The van der Waals surface area contributed by atoms with Crippen molar-refractivity contribution in [2.75, 3.05) is 13.7 Å². The SMILES string of the molecule is COCCn1nc(-c2ccc(C)cc2C)cc(CC#N)c1=O. The Balaban J connectivity index is 2.57. The topological polar surface area (TPSA) is 67.9 Å². The second-order valence-corrected chi connectivity index (χ2v) is 5.23. The molecular weight excluding hydrogens is 278 g/mol. The number of hydrogen-bond donors (Lipinski definition) is 0. The van der Waals surface area contributed by atoms with E-state index in [4.69, 9.17) is 10.00 Å². The lowest BCUT2D eigenvalue weighted by Crippen LogP contribution is -2.28. The third-order valence-electron chi connectivity index (χ3n) is 3.48. The fourth-order valence-corrected chi connectivity index (χ4v) is 2.37. The van der Waals surface area contributed by atoms with Crippen LogP contribution in [0.2, 0.25) is 0 Å². The Morgan fingerprint density at radius 3 is 2.73 bits per heavy atom. The summed E-state index contributed by atoms with van der Waals surface area (Å²) in [5, 5.41) is 13.3. The van der Waals surface area contributed by atoms with E-state index in [1.807, 2.05) is 32.0 Å². The van der Waals surface area contributed by atoms with Crippen LogP contribution in [-0.2, 0) is 17.7 Å². The fourth-order valence-electron chi connectivity index (χ4n) is 2.37. The van der Waals surface area contributed by atoms with E-state index in [0.717, 1.165) is 11.1 Å². The highest BCUT2D eigenvalue weighted by molar-refractivity contribution is 5.64. The van der Waals surface area contributed by atoms with Gasteiger partial charge in [0.25, 0.3) is 5.56 Å². The minimum absolute atomic E-state index is 0.0756. The van der Waals surface area contributed by atoms with Gasteiger partial charge in [-0.15, -0.1) is 0 Å². The maximum atomic E-state index is 12.3. The van der Waals surface area contributed by atoms with Crippen LogP contribution in [0.3, 0.4) is 0 Å². The average Bonchev–Trinajstić information content (AvgIpc) is 2.48. The van der Waals surface area contributed by atoms with Crippen molar-refractivity contribution >= 4 is 0 Å². The molecule has 0 radical (unpaired) electrons. The fraction of sp³-hybridized carbons (Fsp3) is 0.353. The molecule has 0 spiro atoms. The first-order valence-electron chi connectivity index (χ1n) is 7.11. The number of hydrogen-bond acceptors (Lipinski definition) is 4. The summed E-state index contributed by atoms with van der Waals surface area (Å²) >= 11 is 0. The molecule has 0 saturated heterocycles. The third kappa shape index (κ3) is 3.41. The molecule has 0 aliphatic carbocycles. The molecule has 0 amide bonds. The van der Waals surface area contributed by atoms with Gasteiger partial charge in [0.15, 0.2) is 0 Å². The Labute approximate surface area is 129 Å². The highest BCUT2D eigenvalue weighted by Gasteiger charge is 2.11. The summed E-state index contributed by atoms with van der Waals surface area (Å²) in [5.41, 5.74) is 4.17. The number of aryl methyl sites for hydroxylation is 2. The van der Waals surface area contributed by atoms with E-state index in [2.05, 4.69) is 11.2 Å². The van der Waals surface area contributed by atoms with Gasteiger partial charge in [0, 0.05) is 18.2 Å². The molecular formula is C17H19N3O2. The van der Waals surface area contributed by atoms with Crippen LogP contribution in [0, 0.1) is 25.2 Å². The van der Waals surface area contributed by atoms with Crippen molar-refractivity contribution in [1.82, 2.24) is 9.78 Å². The van der Waals surface area contributed by atoms with Crippen molar-refractivity contribution in [1.29, 1.82) is 5.26 Å². The first kappa shape index (κ1) is 15.9. The first-order valence-corrected chi connectivity index (χ1v) is 7.11. The van der Waals surface area contributed by atoms with E-state index in [1.54, 1.807) is 13.2 Å². The predicted octanol–water partition coefficient (Wildman–Crippen LogP) is 2.24. The second-order valence-electron chi connectivity index (χ2n) is 5.23. The lowest BCUT2D eigenvalue weighted by atomic mass is 10.0. The zero-order valence-corrected chi connectivity index (χ0v) is 13.1. The van der Waals surface area contributed by atoms with Crippen molar-refractivity contribution in [3.63, 3.8) is 0 Å². The number of rotatable bonds is 5. The number of nitrogens with zero attached hydrogens (tertiary/aromatic N) is 3. The van der Waals surface area contributed by atoms with Crippen molar-refractivity contribution in [2.45, 2.75) is 26.8 Å². The van der Waals surface area contributed by atoms with Gasteiger partial charge in [0.05, 0.1) is 31.3 Å². The summed E-state index contributed by atoms with van der Waals surface area (Å²) in [7, 11) is 1.58. The highest BCUT2D eigenvalue weighted by Crippen LogP contribution is 2.22. The van der Waals surface area contributed by atoms with Crippen LogP contribution in [0.5, 0.6) is 0 Å². The monoisotopic (exact) mass is 297 g/mol. The van der Waals surface area contributed by atoms with Crippen molar-refractivity contribution < 1.29 is 4.74 Å². The Morgan fingerprint density at radius 1 is 1.32 bits per heavy atom. The van der Waals surface area contributed by atoms with Crippen LogP contribution in [0.1, 0.15) is 16.7 Å². The summed E-state index contributed by atoms with van der Waals surface area (Å²) in [4.78, 5) is 12.3. The van der Waals surface area contributed by atoms with Gasteiger partial charge in [-0.1, -0.05) is 23.8 Å². The van der Waals surface area contributed by atoms with Gasteiger partial charge in [-0.25, -0.2) is 4.68 Å². The molecule has 2 aromatic rings. The number of methoxy groups -OCH3 is 1. The molecule has 0 saturated carbocycles. The van der Waals surface area contributed by atoms with Crippen molar-refractivity contribution in [2.24, 2.45) is 0 Å². The zero-order chi connectivity index (χ0) is 16.1. The zero-order valence-electron chi connectivity index (χ0n) is 13.1. The minimum atomic E-state index is -0.230. The number of nitriles is 1. The quantitative estimate of drug-likeness (QED) is 0.848. The van der Waals surface area contributed by atoms with Gasteiger partial charge in [-0.05, 0) is 25.5 Å². The summed E-state index contributed by atoms with van der Waals surface area (Å²) < 4.78 is 6.40. The van der Waals surface area contributed by atoms with Crippen LogP contribution in [0.25, 0.3) is 11.3 Å². The van der Waals surface area contributed by atoms with Crippen LogP contribution in [0.4, 0.5) is 0 Å². The Kier molecular flexibility index (Phi) is 5.08. The maximum absolute atomic E-state index is 12.3. The van der Waals surface area contributed by atoms with Crippen LogP contribution in [0.15, 0.2) is 29.1 Å². The molecule has 0 unspecified atom stereocenters. The van der Waals surface area contributed by atoms with Gasteiger partial charge in [-0.2, -0.15) is 10.4 Å². The van der Waals surface area contributed by atoms with Crippen molar-refractivity contribution in [3.05, 3.63) is 51.3 Å². The van der Waals surface area contributed by atoms with Gasteiger partial charge < -0.3 is 4.74 Å². The lowest BCUT2D eigenvalue weighted by Gasteiger charge is -2.11. The lowest BCUT2D eigenvalue weighted by molar-refractivity contribution is 0.182. The molecule has 0 N–H and O–H groups in total. The number of benzene rings is 1. The van der Waals surface area contributed by atoms with E-state index in [-0.39, 0.29) is 12.0 Å².